The first-order chi connectivity index (χ1) is 10.7. The van der Waals surface area contributed by atoms with Gasteiger partial charge in [-0.2, -0.15) is 0 Å². The molecule has 2 aromatic heterocycles. The number of hydrogen-bond donors (Lipinski definition) is 3. The highest BCUT2D eigenvalue weighted by atomic mass is 32.1. The van der Waals surface area contributed by atoms with Gasteiger partial charge in [0.15, 0.2) is 0 Å². The molecule has 2 fully saturated rings. The van der Waals surface area contributed by atoms with Crippen LogP contribution < -0.4 is 16.4 Å². The van der Waals surface area contributed by atoms with E-state index in [4.69, 9.17) is 5.73 Å². The molecule has 2 saturated carbocycles. The van der Waals surface area contributed by atoms with Gasteiger partial charge < -0.3 is 11.1 Å². The second-order valence-electron chi connectivity index (χ2n) is 5.88. The zero-order valence-electron chi connectivity index (χ0n) is 11.9. The summed E-state index contributed by atoms with van der Waals surface area (Å²) in [4.78, 5) is 13.5. The summed E-state index contributed by atoms with van der Waals surface area (Å²) >= 11 is 2.83. The molecule has 0 aliphatic heterocycles. The largest absolute Gasteiger partial charge is 0.374 e. The lowest BCUT2D eigenvalue weighted by atomic mass is 9.93. The fourth-order valence-electron chi connectivity index (χ4n) is 2.69. The van der Waals surface area contributed by atoms with Crippen LogP contribution in [0.25, 0.3) is 0 Å². The first-order valence-corrected chi connectivity index (χ1v) is 9.13. The van der Waals surface area contributed by atoms with E-state index in [1.165, 1.54) is 41.9 Å². The van der Waals surface area contributed by atoms with Gasteiger partial charge in [0.1, 0.15) is 0 Å². The van der Waals surface area contributed by atoms with Crippen LogP contribution in [0.1, 0.15) is 46.8 Å². The van der Waals surface area contributed by atoms with Gasteiger partial charge in [0.25, 0.3) is 5.91 Å². The molecule has 2 aliphatic carbocycles. The van der Waals surface area contributed by atoms with Crippen molar-refractivity contribution in [3.05, 3.63) is 21.9 Å². The summed E-state index contributed by atoms with van der Waals surface area (Å²) in [6, 6.07) is 3.32. The molecule has 0 aromatic carbocycles. The smallest absolute Gasteiger partial charge is 0.258 e. The van der Waals surface area contributed by atoms with Crippen molar-refractivity contribution in [2.75, 3.05) is 11.1 Å². The number of hydrogen-bond acceptors (Lipinski definition) is 7. The highest BCUT2D eigenvalue weighted by Gasteiger charge is 2.41. The molecule has 0 saturated heterocycles. The third-order valence-corrected chi connectivity index (χ3v) is 5.99. The van der Waals surface area contributed by atoms with E-state index in [9.17, 15) is 4.79 Å². The van der Waals surface area contributed by atoms with Gasteiger partial charge in [0.2, 0.25) is 10.3 Å². The topological polar surface area (TPSA) is 92.9 Å². The Morgan fingerprint density at radius 3 is 2.91 bits per heavy atom. The number of amides is 1. The molecule has 4 rings (SSSR count). The number of carbonyl (C=O) groups is 1. The van der Waals surface area contributed by atoms with Crippen molar-refractivity contribution >= 4 is 38.8 Å². The van der Waals surface area contributed by atoms with Crippen molar-refractivity contribution < 1.29 is 4.79 Å². The molecule has 1 amide bonds. The predicted octanol–water partition coefficient (Wildman–Crippen LogP) is 2.43. The van der Waals surface area contributed by atoms with E-state index in [0.717, 1.165) is 6.04 Å². The Labute approximate surface area is 136 Å². The summed E-state index contributed by atoms with van der Waals surface area (Å²) in [6.45, 7) is 0. The van der Waals surface area contributed by atoms with E-state index < -0.39 is 0 Å². The summed E-state index contributed by atoms with van der Waals surface area (Å²) in [5, 5.41) is 16.6. The Hall–Kier alpha value is -1.51. The number of nitrogen functional groups attached to an aromatic ring is 1. The number of carbonyl (C=O) groups excluding carboxylic acids is 1. The average molecular weight is 335 g/mol. The van der Waals surface area contributed by atoms with Crippen LogP contribution in [-0.2, 0) is 0 Å². The van der Waals surface area contributed by atoms with Gasteiger partial charge in [0, 0.05) is 28.3 Å². The third kappa shape index (κ3) is 2.86. The Bertz CT molecular complexity index is 693. The maximum atomic E-state index is 12.2. The van der Waals surface area contributed by atoms with Gasteiger partial charge in [-0.15, -0.1) is 21.5 Å². The lowest BCUT2D eigenvalue weighted by Gasteiger charge is -2.26. The van der Waals surface area contributed by atoms with Gasteiger partial charge in [0.05, 0.1) is 5.56 Å². The van der Waals surface area contributed by atoms with Crippen LogP contribution in [0.2, 0.25) is 0 Å². The number of nitrogens with zero attached hydrogens (tertiary/aromatic N) is 2. The third-order valence-electron chi connectivity index (χ3n) is 4.25. The van der Waals surface area contributed by atoms with E-state index in [-0.39, 0.29) is 5.91 Å². The predicted molar refractivity (Wildman–Crippen MR) is 88.5 cm³/mol. The van der Waals surface area contributed by atoms with Crippen molar-refractivity contribution in [2.45, 2.75) is 43.7 Å². The Balaban J connectivity index is 1.36. The summed E-state index contributed by atoms with van der Waals surface area (Å²) < 4.78 is 0. The van der Waals surface area contributed by atoms with Gasteiger partial charge in [-0.25, -0.2) is 0 Å². The minimum absolute atomic E-state index is 0.150. The lowest BCUT2D eigenvalue weighted by molar-refractivity contribution is 0.102. The molecule has 116 valence electrons. The zero-order chi connectivity index (χ0) is 15.1. The number of anilines is 2. The van der Waals surface area contributed by atoms with Crippen LogP contribution in [0.3, 0.4) is 0 Å². The Kier molecular flexibility index (Phi) is 3.59. The van der Waals surface area contributed by atoms with E-state index >= 15 is 0 Å². The summed E-state index contributed by atoms with van der Waals surface area (Å²) in [7, 11) is 0. The molecule has 4 N–H and O–H groups in total. The molecule has 2 atom stereocenters. The standard InChI is InChI=1S/C14H17N5OS2/c15-13-18-19-14(22-13)17-12(20)7-4-11(21-6-7)9-5-10(9)16-8-2-1-3-8/h4,6,8-10,16H,1-3,5H2,(H2,15,18)(H,17,19,20). The fraction of sp³-hybridized carbons (Fsp3) is 0.500. The molecule has 22 heavy (non-hydrogen) atoms. The Morgan fingerprint density at radius 2 is 2.23 bits per heavy atom. The highest BCUT2D eigenvalue weighted by Crippen LogP contribution is 2.44. The molecule has 6 nitrogen and oxygen atoms in total. The molecule has 2 aromatic rings. The van der Waals surface area contributed by atoms with Gasteiger partial charge in [-0.1, -0.05) is 17.8 Å². The second kappa shape index (κ2) is 5.60. The number of nitrogens with one attached hydrogen (secondary N) is 2. The molecular weight excluding hydrogens is 318 g/mol. The van der Waals surface area contributed by atoms with E-state index in [2.05, 4.69) is 20.8 Å². The zero-order valence-corrected chi connectivity index (χ0v) is 13.5. The molecule has 8 heteroatoms. The summed E-state index contributed by atoms with van der Waals surface area (Å²) in [5.74, 6) is 0.423. The number of thiophene rings is 1. The maximum absolute atomic E-state index is 12.2. The number of nitrogens with two attached hydrogens (primary N) is 1. The normalized spacial score (nSPS) is 24.0. The van der Waals surface area contributed by atoms with E-state index in [0.29, 0.717) is 27.8 Å². The number of rotatable bonds is 5. The minimum atomic E-state index is -0.150. The minimum Gasteiger partial charge on any atom is -0.374 e. The quantitative estimate of drug-likeness (QED) is 0.780. The molecule has 2 unspecified atom stereocenters. The molecule has 0 radical (unpaired) electrons. The van der Waals surface area contributed by atoms with Crippen LogP contribution in [-0.4, -0.2) is 28.2 Å². The molecule has 0 bridgehead atoms. The van der Waals surface area contributed by atoms with Crippen LogP contribution in [0.5, 0.6) is 0 Å². The van der Waals surface area contributed by atoms with Gasteiger partial charge in [-0.3, -0.25) is 10.1 Å². The van der Waals surface area contributed by atoms with Crippen LogP contribution in [0.4, 0.5) is 10.3 Å². The fourth-order valence-corrected chi connectivity index (χ4v) is 4.27. The summed E-state index contributed by atoms with van der Waals surface area (Å²) in [5.41, 5.74) is 6.19. The van der Waals surface area contributed by atoms with Gasteiger partial charge in [-0.05, 0) is 25.3 Å². The van der Waals surface area contributed by atoms with Crippen LogP contribution in [0.15, 0.2) is 11.4 Å². The average Bonchev–Trinajstić information content (AvgIpc) is 2.84. The summed E-state index contributed by atoms with van der Waals surface area (Å²) in [6.07, 6.45) is 5.16. The SMILES string of the molecule is Nc1nnc(NC(=O)c2csc(C3CC3NC3CCC3)c2)s1. The van der Waals surface area contributed by atoms with Crippen LogP contribution in [0, 0.1) is 0 Å². The van der Waals surface area contributed by atoms with E-state index in [1.54, 1.807) is 11.3 Å². The highest BCUT2D eigenvalue weighted by molar-refractivity contribution is 7.19. The van der Waals surface area contributed by atoms with E-state index in [1.807, 2.05) is 11.4 Å². The van der Waals surface area contributed by atoms with Crippen molar-refractivity contribution in [3.63, 3.8) is 0 Å². The Morgan fingerprint density at radius 1 is 1.36 bits per heavy atom. The molecule has 2 aliphatic rings. The van der Waals surface area contributed by atoms with Crippen molar-refractivity contribution in [1.29, 1.82) is 0 Å². The lowest BCUT2D eigenvalue weighted by Crippen LogP contribution is -2.37. The van der Waals surface area contributed by atoms with Crippen molar-refractivity contribution in [3.8, 4) is 0 Å². The van der Waals surface area contributed by atoms with Crippen LogP contribution >= 0.6 is 22.7 Å². The van der Waals surface area contributed by atoms with Crippen molar-refractivity contribution in [1.82, 2.24) is 15.5 Å². The second-order valence-corrected chi connectivity index (χ2v) is 7.83. The molecule has 0 spiro atoms. The number of aromatic nitrogens is 2. The monoisotopic (exact) mass is 335 g/mol. The molecule has 2 heterocycles. The molecular formula is C14H17N5OS2. The maximum Gasteiger partial charge on any atom is 0.258 e. The van der Waals surface area contributed by atoms with Gasteiger partial charge >= 0.3 is 0 Å². The van der Waals surface area contributed by atoms with Crippen molar-refractivity contribution in [2.24, 2.45) is 0 Å². The first-order valence-electron chi connectivity index (χ1n) is 7.44. The first kappa shape index (κ1) is 14.1.